The Morgan fingerprint density at radius 3 is 2.38 bits per heavy atom. The van der Waals surface area contributed by atoms with Gasteiger partial charge in [0, 0.05) is 0 Å². The van der Waals surface area contributed by atoms with Crippen molar-refractivity contribution in [2.24, 2.45) is 11.8 Å². The van der Waals surface area contributed by atoms with Gasteiger partial charge in [-0.05, 0) is 0 Å². The van der Waals surface area contributed by atoms with E-state index in [0.717, 1.165) is 0 Å². The number of hydrogen-bond donors (Lipinski definition) is 0. The van der Waals surface area contributed by atoms with Gasteiger partial charge in [0.15, 0.2) is 0 Å². The zero-order valence-electron chi connectivity index (χ0n) is 9.91. The molecule has 0 amide bonds. The van der Waals surface area contributed by atoms with Crippen LogP contribution in [0.4, 0.5) is 0 Å². The second-order valence-corrected chi connectivity index (χ2v) is 6.68. The van der Waals surface area contributed by atoms with Crippen LogP contribution in [0.3, 0.4) is 0 Å². The van der Waals surface area contributed by atoms with E-state index in [2.05, 4.69) is 42.5 Å². The van der Waals surface area contributed by atoms with Crippen LogP contribution in [0.15, 0.2) is 66.8 Å². The molecule has 3 rings (SSSR count). The van der Waals surface area contributed by atoms with Crippen LogP contribution in [0.1, 0.15) is 1.37 Å². The summed E-state index contributed by atoms with van der Waals surface area (Å²) in [5.41, 5.74) is 0. The first kappa shape index (κ1) is 9.04. The maximum absolute atomic E-state index is 7.96. The fourth-order valence-corrected chi connectivity index (χ4v) is 4.87. The van der Waals surface area contributed by atoms with Crippen molar-refractivity contribution in [1.82, 2.24) is 0 Å². The minimum absolute atomic E-state index is 0.371. The normalized spacial score (nSPS) is 31.5. The molecule has 0 spiro atoms. The van der Waals surface area contributed by atoms with Gasteiger partial charge < -0.3 is 0 Å². The molecule has 16 heavy (non-hydrogen) atoms. The summed E-state index contributed by atoms with van der Waals surface area (Å²) in [6.07, 6.45) is 13.5. The van der Waals surface area contributed by atoms with E-state index in [0.29, 0.717) is 37.7 Å². The number of hydrogen-bond acceptors (Lipinski definition) is 0. The maximum atomic E-state index is 7.96. The van der Waals surface area contributed by atoms with Crippen molar-refractivity contribution < 1.29 is 1.37 Å². The molecule has 1 heteroatoms. The first-order valence-electron chi connectivity index (χ1n) is 6.10. The van der Waals surface area contributed by atoms with Crippen LogP contribution >= 0.6 is 0 Å². The van der Waals surface area contributed by atoms with Crippen LogP contribution in [0, 0.1) is 11.8 Å². The average molecular weight is 274 g/mol. The fourth-order valence-electron chi connectivity index (χ4n) is 2.22. The molecule has 2 aliphatic rings. The molecule has 0 N–H and O–H groups in total. The summed E-state index contributed by atoms with van der Waals surface area (Å²) in [5, 5.41) is 0. The van der Waals surface area contributed by atoms with E-state index in [9.17, 15) is 0 Å². The standard InChI is InChI=1S/C15H14Se/c1-2-8-14(9-3-1)16-15-12-6-4-5-7-13(15)11-10-12/h1-13,15H/i8D. The summed E-state index contributed by atoms with van der Waals surface area (Å²) in [7, 11) is 0. The first-order chi connectivity index (χ1) is 8.34. The van der Waals surface area contributed by atoms with Crippen LogP contribution in [0.25, 0.3) is 0 Å². The SMILES string of the molecule is [2H]c1ccccc1[Se]C1C2C=CC=CC1C=C2. The molecule has 0 radical (unpaired) electrons. The predicted molar refractivity (Wildman–Crippen MR) is 70.0 cm³/mol. The molecule has 2 unspecified atom stereocenters. The van der Waals surface area contributed by atoms with Crippen molar-refractivity contribution in [3.05, 3.63) is 66.8 Å². The van der Waals surface area contributed by atoms with E-state index in [-0.39, 0.29) is 0 Å². The van der Waals surface area contributed by atoms with E-state index in [1.54, 1.807) is 0 Å². The molecule has 0 saturated carbocycles. The van der Waals surface area contributed by atoms with Gasteiger partial charge in [0.25, 0.3) is 0 Å². The molecule has 0 saturated heterocycles. The second kappa shape index (κ2) is 4.45. The van der Waals surface area contributed by atoms with Crippen LogP contribution in [0.2, 0.25) is 4.82 Å². The van der Waals surface area contributed by atoms with Gasteiger partial charge in [0.1, 0.15) is 0 Å². The molecule has 0 aliphatic heterocycles. The Balaban J connectivity index is 1.85. The Morgan fingerprint density at radius 1 is 0.938 bits per heavy atom. The Morgan fingerprint density at radius 2 is 1.69 bits per heavy atom. The Labute approximate surface area is 104 Å². The van der Waals surface area contributed by atoms with Gasteiger partial charge in [-0.3, -0.25) is 0 Å². The third-order valence-electron chi connectivity index (χ3n) is 3.04. The van der Waals surface area contributed by atoms with Crippen molar-refractivity contribution in [2.45, 2.75) is 4.82 Å². The molecule has 0 aromatic heterocycles. The molecule has 0 heterocycles. The summed E-state index contributed by atoms with van der Waals surface area (Å²) >= 11 is 0.371. The molecule has 1 aromatic rings. The fraction of sp³-hybridized carbons (Fsp3) is 0.200. The topological polar surface area (TPSA) is 0 Å². The third kappa shape index (κ3) is 1.93. The van der Waals surface area contributed by atoms with Gasteiger partial charge in [0.05, 0.1) is 0 Å². The zero-order chi connectivity index (χ0) is 11.7. The van der Waals surface area contributed by atoms with Gasteiger partial charge >= 0.3 is 104 Å². The second-order valence-electron chi connectivity index (χ2n) is 4.12. The molecule has 2 aliphatic carbocycles. The van der Waals surface area contributed by atoms with Gasteiger partial charge in [-0.25, -0.2) is 0 Å². The van der Waals surface area contributed by atoms with Crippen LogP contribution in [-0.2, 0) is 0 Å². The molecular weight excluding hydrogens is 259 g/mol. The summed E-state index contributed by atoms with van der Waals surface area (Å²) < 4.78 is 9.18. The molecule has 2 atom stereocenters. The van der Waals surface area contributed by atoms with Gasteiger partial charge in [-0.1, -0.05) is 0 Å². The zero-order valence-corrected chi connectivity index (χ0v) is 10.6. The van der Waals surface area contributed by atoms with Gasteiger partial charge in [-0.15, -0.1) is 0 Å². The molecular formula is C15H14Se. The Bertz CT molecular complexity index is 479. The van der Waals surface area contributed by atoms with E-state index in [1.165, 1.54) is 4.46 Å². The number of allylic oxidation sites excluding steroid dienone is 6. The first-order valence-corrected chi connectivity index (χ1v) is 7.45. The number of benzene rings is 1. The van der Waals surface area contributed by atoms with Gasteiger partial charge in [0.2, 0.25) is 0 Å². The van der Waals surface area contributed by atoms with E-state index < -0.39 is 0 Å². The summed E-state index contributed by atoms with van der Waals surface area (Å²) in [6, 6.07) is 8.70. The predicted octanol–water partition coefficient (Wildman–Crippen LogP) is 2.73. The van der Waals surface area contributed by atoms with Crippen molar-refractivity contribution in [1.29, 1.82) is 0 Å². The molecule has 0 nitrogen and oxygen atoms in total. The quantitative estimate of drug-likeness (QED) is 0.574. The van der Waals surface area contributed by atoms with Crippen LogP contribution in [-0.4, -0.2) is 15.0 Å². The van der Waals surface area contributed by atoms with E-state index in [4.69, 9.17) is 1.37 Å². The summed E-state index contributed by atoms with van der Waals surface area (Å²) in [4.78, 5) is 0.656. The minimum atomic E-state index is 0.371. The number of rotatable bonds is 2. The van der Waals surface area contributed by atoms with Crippen molar-refractivity contribution >= 4 is 19.4 Å². The van der Waals surface area contributed by atoms with Crippen molar-refractivity contribution in [2.75, 3.05) is 0 Å². The molecule has 1 aromatic carbocycles. The Kier molecular flexibility index (Phi) is 2.51. The molecule has 80 valence electrons. The van der Waals surface area contributed by atoms with E-state index in [1.807, 2.05) is 18.2 Å². The summed E-state index contributed by atoms with van der Waals surface area (Å²) in [6.45, 7) is 0. The molecule has 2 bridgehead atoms. The van der Waals surface area contributed by atoms with Crippen molar-refractivity contribution in [3.8, 4) is 0 Å². The van der Waals surface area contributed by atoms with Crippen LogP contribution < -0.4 is 4.46 Å². The molecule has 0 fully saturated rings. The van der Waals surface area contributed by atoms with Crippen LogP contribution in [0.5, 0.6) is 0 Å². The van der Waals surface area contributed by atoms with Gasteiger partial charge in [-0.2, -0.15) is 0 Å². The monoisotopic (exact) mass is 275 g/mol. The Hall–Kier alpha value is -1.04. The van der Waals surface area contributed by atoms with Crippen molar-refractivity contribution in [3.63, 3.8) is 0 Å². The third-order valence-corrected chi connectivity index (χ3v) is 5.99. The summed E-state index contributed by atoms with van der Waals surface area (Å²) in [5.74, 6) is 1.13. The number of fused-ring (bicyclic) bond motifs is 2. The average Bonchev–Trinajstić information content (AvgIpc) is 2.56. The van der Waals surface area contributed by atoms with E-state index >= 15 is 0 Å².